The van der Waals surface area contributed by atoms with Gasteiger partial charge in [-0.2, -0.15) is 0 Å². The van der Waals surface area contributed by atoms with Crippen molar-refractivity contribution < 1.29 is 4.74 Å². The minimum absolute atomic E-state index is 0.208. The predicted octanol–water partition coefficient (Wildman–Crippen LogP) is 3.14. The van der Waals surface area contributed by atoms with Crippen molar-refractivity contribution in [2.24, 2.45) is 17.3 Å². The summed E-state index contributed by atoms with van der Waals surface area (Å²) in [5.41, 5.74) is 0.208. The highest BCUT2D eigenvalue weighted by molar-refractivity contribution is 5.25. The Morgan fingerprint density at radius 1 is 1.46 bits per heavy atom. The van der Waals surface area contributed by atoms with E-state index < -0.39 is 0 Å². The molecule has 0 saturated carbocycles. The van der Waals surface area contributed by atoms with Gasteiger partial charge in [0.2, 0.25) is 0 Å². The average Bonchev–Trinajstić information content (AvgIpc) is 2.48. The van der Waals surface area contributed by atoms with Gasteiger partial charge in [-0.1, -0.05) is 26.0 Å². The van der Waals surface area contributed by atoms with E-state index in [0.29, 0.717) is 11.8 Å². The Labute approximate surface area is 80.5 Å². The molecule has 2 unspecified atom stereocenters. The second kappa shape index (κ2) is 2.90. The molecule has 0 aromatic heterocycles. The lowest BCUT2D eigenvalue weighted by molar-refractivity contribution is 0.112. The van der Waals surface area contributed by atoms with Crippen LogP contribution < -0.4 is 0 Å². The first-order valence-corrected chi connectivity index (χ1v) is 5.18. The fourth-order valence-electron chi connectivity index (χ4n) is 2.37. The van der Waals surface area contributed by atoms with Crippen molar-refractivity contribution in [2.45, 2.75) is 27.2 Å². The molecule has 2 atom stereocenters. The van der Waals surface area contributed by atoms with Crippen LogP contribution in [-0.2, 0) is 4.74 Å². The Morgan fingerprint density at radius 2 is 2.23 bits per heavy atom. The highest BCUT2D eigenvalue weighted by Crippen LogP contribution is 2.48. The Morgan fingerprint density at radius 3 is 2.92 bits per heavy atom. The van der Waals surface area contributed by atoms with Crippen LogP contribution >= 0.6 is 0 Å². The van der Waals surface area contributed by atoms with Gasteiger partial charge in [0.15, 0.2) is 0 Å². The molecule has 0 aromatic carbocycles. The lowest BCUT2D eigenvalue weighted by atomic mass is 9.72. The van der Waals surface area contributed by atoms with Gasteiger partial charge in [0.25, 0.3) is 0 Å². The summed E-state index contributed by atoms with van der Waals surface area (Å²) in [6.45, 7) is 7.41. The van der Waals surface area contributed by atoms with Crippen LogP contribution in [0, 0.1) is 17.3 Å². The number of hydrogen-bond acceptors (Lipinski definition) is 1. The topological polar surface area (TPSA) is 9.23 Å². The van der Waals surface area contributed by atoms with Crippen LogP contribution in [0.1, 0.15) is 27.2 Å². The molecule has 2 aliphatic carbocycles. The number of rotatable bonds is 2. The van der Waals surface area contributed by atoms with E-state index >= 15 is 0 Å². The number of hydrogen-bond donors (Lipinski definition) is 0. The van der Waals surface area contributed by atoms with Crippen LogP contribution in [0.15, 0.2) is 24.0 Å². The van der Waals surface area contributed by atoms with E-state index in [0.717, 1.165) is 6.61 Å². The molecule has 0 amide bonds. The Kier molecular flexibility index (Phi) is 1.98. The summed E-state index contributed by atoms with van der Waals surface area (Å²) in [5, 5.41) is 0. The van der Waals surface area contributed by atoms with Crippen LogP contribution in [0.2, 0.25) is 0 Å². The summed E-state index contributed by atoms with van der Waals surface area (Å²) in [4.78, 5) is 0. The maximum atomic E-state index is 5.70. The van der Waals surface area contributed by atoms with E-state index in [2.05, 4.69) is 39.0 Å². The van der Waals surface area contributed by atoms with Gasteiger partial charge in [0.1, 0.15) is 0 Å². The first-order valence-electron chi connectivity index (χ1n) is 5.18. The lowest BCUT2D eigenvalue weighted by Crippen LogP contribution is -2.29. The molecule has 2 rings (SSSR count). The zero-order valence-corrected chi connectivity index (χ0v) is 8.71. The van der Waals surface area contributed by atoms with Crippen molar-refractivity contribution in [3.63, 3.8) is 0 Å². The number of fused-ring (bicyclic) bond motifs is 2. The van der Waals surface area contributed by atoms with Crippen molar-refractivity contribution in [1.82, 2.24) is 0 Å². The van der Waals surface area contributed by atoms with Crippen molar-refractivity contribution in [3.8, 4) is 0 Å². The quantitative estimate of drug-likeness (QED) is 0.590. The monoisotopic (exact) mass is 178 g/mol. The molecule has 2 bridgehead atoms. The summed E-state index contributed by atoms with van der Waals surface area (Å²) < 4.78 is 5.70. The molecular weight excluding hydrogens is 160 g/mol. The summed E-state index contributed by atoms with van der Waals surface area (Å²) in [6.07, 6.45) is 8.25. The molecule has 0 heterocycles. The minimum Gasteiger partial charge on any atom is -0.498 e. The van der Waals surface area contributed by atoms with E-state index in [1.165, 1.54) is 12.2 Å². The van der Waals surface area contributed by atoms with Crippen molar-refractivity contribution in [2.75, 3.05) is 6.61 Å². The standard InChI is InChI=1S/C12H18O/c1-4-13-11-8-9-5-6-10(7-9)12(11,2)3/h5-6,8-10H,4,7H2,1-3H3. The number of allylic oxidation sites excluding steroid dienone is 4. The molecule has 0 saturated heterocycles. The molecule has 13 heavy (non-hydrogen) atoms. The van der Waals surface area contributed by atoms with Gasteiger partial charge in [0, 0.05) is 5.41 Å². The third-order valence-electron chi connectivity index (χ3n) is 3.34. The summed E-state index contributed by atoms with van der Waals surface area (Å²) >= 11 is 0. The van der Waals surface area contributed by atoms with Crippen LogP contribution in [-0.4, -0.2) is 6.61 Å². The van der Waals surface area contributed by atoms with Crippen molar-refractivity contribution >= 4 is 0 Å². The first-order chi connectivity index (χ1) is 6.14. The second-order valence-electron chi connectivity index (χ2n) is 4.58. The minimum atomic E-state index is 0.208. The van der Waals surface area contributed by atoms with Crippen molar-refractivity contribution in [3.05, 3.63) is 24.0 Å². The highest BCUT2D eigenvalue weighted by atomic mass is 16.5. The van der Waals surface area contributed by atoms with Gasteiger partial charge < -0.3 is 4.74 Å². The van der Waals surface area contributed by atoms with Crippen LogP contribution in [0.3, 0.4) is 0 Å². The van der Waals surface area contributed by atoms with Crippen LogP contribution in [0.5, 0.6) is 0 Å². The summed E-state index contributed by atoms with van der Waals surface area (Å²) in [5.74, 6) is 2.52. The van der Waals surface area contributed by atoms with Crippen LogP contribution in [0.25, 0.3) is 0 Å². The molecule has 72 valence electrons. The highest BCUT2D eigenvalue weighted by Gasteiger charge is 2.40. The fourth-order valence-corrected chi connectivity index (χ4v) is 2.37. The third-order valence-corrected chi connectivity index (χ3v) is 3.34. The molecule has 2 aliphatic rings. The van der Waals surface area contributed by atoms with E-state index in [1.54, 1.807) is 0 Å². The average molecular weight is 178 g/mol. The fraction of sp³-hybridized carbons (Fsp3) is 0.667. The Hall–Kier alpha value is -0.720. The predicted molar refractivity (Wildman–Crippen MR) is 54.2 cm³/mol. The molecule has 0 radical (unpaired) electrons. The van der Waals surface area contributed by atoms with E-state index in [9.17, 15) is 0 Å². The second-order valence-corrected chi connectivity index (χ2v) is 4.58. The molecule has 1 nitrogen and oxygen atoms in total. The maximum Gasteiger partial charge on any atom is 0.0987 e. The van der Waals surface area contributed by atoms with Gasteiger partial charge in [-0.15, -0.1) is 0 Å². The van der Waals surface area contributed by atoms with Crippen molar-refractivity contribution in [1.29, 1.82) is 0 Å². The SMILES string of the molecule is CCOC1=CC2C=CC(C2)C1(C)C. The lowest BCUT2D eigenvalue weighted by Gasteiger charge is -2.36. The van der Waals surface area contributed by atoms with Gasteiger partial charge in [-0.25, -0.2) is 0 Å². The molecule has 0 aliphatic heterocycles. The van der Waals surface area contributed by atoms with E-state index in [4.69, 9.17) is 4.74 Å². The van der Waals surface area contributed by atoms with Gasteiger partial charge >= 0.3 is 0 Å². The molecule has 0 spiro atoms. The molecule has 0 aromatic rings. The molecular formula is C12H18O. The number of ether oxygens (including phenoxy) is 1. The largest absolute Gasteiger partial charge is 0.498 e. The normalized spacial score (nSPS) is 34.5. The maximum absolute atomic E-state index is 5.70. The molecule has 1 heteroatoms. The molecule has 0 N–H and O–H groups in total. The first kappa shape index (κ1) is 8.86. The van der Waals surface area contributed by atoms with Gasteiger partial charge in [-0.3, -0.25) is 0 Å². The zero-order chi connectivity index (χ0) is 9.47. The zero-order valence-electron chi connectivity index (χ0n) is 8.71. The summed E-state index contributed by atoms with van der Waals surface area (Å²) in [7, 11) is 0. The smallest absolute Gasteiger partial charge is 0.0987 e. The van der Waals surface area contributed by atoms with Gasteiger partial charge in [0.05, 0.1) is 12.4 Å². The van der Waals surface area contributed by atoms with Crippen LogP contribution in [0.4, 0.5) is 0 Å². The third kappa shape index (κ3) is 1.31. The Bertz CT molecular complexity index is 260. The Balaban J connectivity index is 2.27. The van der Waals surface area contributed by atoms with E-state index in [1.807, 2.05) is 0 Å². The van der Waals surface area contributed by atoms with E-state index in [-0.39, 0.29) is 5.41 Å². The van der Waals surface area contributed by atoms with Gasteiger partial charge in [-0.05, 0) is 31.3 Å². The molecule has 0 fully saturated rings. The summed E-state index contributed by atoms with van der Waals surface area (Å²) in [6, 6.07) is 0.